The van der Waals surface area contributed by atoms with E-state index in [0.29, 0.717) is 19.8 Å². The maximum Gasteiger partial charge on any atom is 0.332 e. The van der Waals surface area contributed by atoms with Crippen LogP contribution in [0.4, 0.5) is 0 Å². The number of hydrogen-bond acceptors (Lipinski definition) is 4. The molecule has 0 aromatic carbocycles. The van der Waals surface area contributed by atoms with Crippen LogP contribution in [0.25, 0.3) is 0 Å². The Morgan fingerprint density at radius 1 is 1.21 bits per heavy atom. The summed E-state index contributed by atoms with van der Waals surface area (Å²) < 4.78 is 14.7. The third-order valence-corrected chi connectivity index (χ3v) is 1.32. The van der Waals surface area contributed by atoms with Crippen LogP contribution in [-0.4, -0.2) is 39.5 Å². The lowest BCUT2D eigenvalue weighted by atomic mass is 9.99. The summed E-state index contributed by atoms with van der Waals surface area (Å²) in [6.45, 7) is 7.34. The molecule has 0 spiro atoms. The number of hydrogen-bond donors (Lipinski definition) is 0. The Balaban J connectivity index is 3.38. The van der Waals surface area contributed by atoms with Crippen molar-refractivity contribution in [1.29, 1.82) is 0 Å². The van der Waals surface area contributed by atoms with Gasteiger partial charge in [0.25, 0.3) is 0 Å². The molecule has 0 aliphatic rings. The molecule has 0 unspecified atom stereocenters. The van der Waals surface area contributed by atoms with Crippen molar-refractivity contribution in [1.82, 2.24) is 0 Å². The predicted octanol–water partition coefficient (Wildman–Crippen LogP) is 1.24. The van der Waals surface area contributed by atoms with Crippen LogP contribution in [0, 0.1) is 5.41 Å². The Kier molecular flexibility index (Phi) is 6.49. The molecule has 84 valence electrons. The summed E-state index contributed by atoms with van der Waals surface area (Å²) in [5, 5.41) is 0. The van der Waals surface area contributed by atoms with Crippen molar-refractivity contribution in [3.63, 3.8) is 0 Å². The van der Waals surface area contributed by atoms with Crippen LogP contribution in [0.3, 0.4) is 0 Å². The maximum absolute atomic E-state index is 11.1. The molecule has 4 heteroatoms. The SMILES string of the molecule is COCCOCC(=O)OCC(C)(C)C. The van der Waals surface area contributed by atoms with Crippen LogP contribution in [0.1, 0.15) is 20.8 Å². The van der Waals surface area contributed by atoms with Crippen LogP contribution < -0.4 is 0 Å². The summed E-state index contributed by atoms with van der Waals surface area (Å²) in [4.78, 5) is 11.1. The summed E-state index contributed by atoms with van der Waals surface area (Å²) >= 11 is 0. The van der Waals surface area contributed by atoms with Gasteiger partial charge in [-0.15, -0.1) is 0 Å². The van der Waals surface area contributed by atoms with Crippen LogP contribution >= 0.6 is 0 Å². The van der Waals surface area contributed by atoms with Crippen molar-refractivity contribution < 1.29 is 19.0 Å². The van der Waals surface area contributed by atoms with E-state index in [1.807, 2.05) is 20.8 Å². The molecule has 0 aliphatic heterocycles. The van der Waals surface area contributed by atoms with Crippen molar-refractivity contribution in [3.8, 4) is 0 Å². The quantitative estimate of drug-likeness (QED) is 0.482. The van der Waals surface area contributed by atoms with E-state index >= 15 is 0 Å². The molecular weight excluding hydrogens is 184 g/mol. The predicted molar refractivity (Wildman–Crippen MR) is 53.1 cm³/mol. The van der Waals surface area contributed by atoms with Crippen molar-refractivity contribution in [2.75, 3.05) is 33.5 Å². The molecule has 0 N–H and O–H groups in total. The molecular formula is C10H20O4. The molecule has 0 atom stereocenters. The van der Waals surface area contributed by atoms with Crippen LogP contribution in [0.15, 0.2) is 0 Å². The van der Waals surface area contributed by atoms with Gasteiger partial charge in [-0.25, -0.2) is 4.79 Å². The largest absolute Gasteiger partial charge is 0.463 e. The van der Waals surface area contributed by atoms with Gasteiger partial charge in [0.2, 0.25) is 0 Å². The second-order valence-electron chi connectivity index (χ2n) is 4.27. The van der Waals surface area contributed by atoms with Gasteiger partial charge >= 0.3 is 5.97 Å². The highest BCUT2D eigenvalue weighted by Crippen LogP contribution is 2.12. The molecule has 0 aromatic rings. The lowest BCUT2D eigenvalue weighted by Crippen LogP contribution is -2.21. The molecule has 0 radical (unpaired) electrons. The van der Waals surface area contributed by atoms with Crippen LogP contribution in [-0.2, 0) is 19.0 Å². The van der Waals surface area contributed by atoms with E-state index in [-0.39, 0.29) is 18.0 Å². The zero-order chi connectivity index (χ0) is 11.0. The maximum atomic E-state index is 11.1. The van der Waals surface area contributed by atoms with Crippen molar-refractivity contribution in [2.24, 2.45) is 5.41 Å². The highest BCUT2D eigenvalue weighted by Gasteiger charge is 2.13. The monoisotopic (exact) mass is 204 g/mol. The second-order valence-corrected chi connectivity index (χ2v) is 4.27. The first-order chi connectivity index (χ1) is 6.45. The zero-order valence-electron chi connectivity index (χ0n) is 9.46. The molecule has 0 rings (SSSR count). The first-order valence-corrected chi connectivity index (χ1v) is 4.68. The Morgan fingerprint density at radius 2 is 1.86 bits per heavy atom. The number of methoxy groups -OCH3 is 1. The minimum absolute atomic E-state index is 0.000556. The molecule has 4 nitrogen and oxygen atoms in total. The summed E-state index contributed by atoms with van der Waals surface area (Å²) in [7, 11) is 1.58. The second kappa shape index (κ2) is 6.79. The molecule has 0 amide bonds. The Labute approximate surface area is 85.5 Å². The average Bonchev–Trinajstić information content (AvgIpc) is 2.08. The fraction of sp³-hybridized carbons (Fsp3) is 0.900. The lowest BCUT2D eigenvalue weighted by molar-refractivity contribution is -0.152. The molecule has 0 aromatic heterocycles. The minimum atomic E-state index is -0.323. The Bertz CT molecular complexity index is 160. The Morgan fingerprint density at radius 3 is 2.36 bits per heavy atom. The Hall–Kier alpha value is -0.610. The lowest BCUT2D eigenvalue weighted by Gasteiger charge is -2.17. The van der Waals surface area contributed by atoms with E-state index in [2.05, 4.69) is 0 Å². The van der Waals surface area contributed by atoms with E-state index in [1.165, 1.54) is 0 Å². The molecule has 14 heavy (non-hydrogen) atoms. The zero-order valence-corrected chi connectivity index (χ0v) is 9.46. The molecule has 0 saturated heterocycles. The van der Waals surface area contributed by atoms with E-state index in [0.717, 1.165) is 0 Å². The summed E-state index contributed by atoms with van der Waals surface area (Å²) in [5.74, 6) is -0.323. The fourth-order valence-corrected chi connectivity index (χ4v) is 0.636. The smallest absolute Gasteiger partial charge is 0.332 e. The standard InChI is InChI=1S/C10H20O4/c1-10(2,3)8-14-9(11)7-13-6-5-12-4/h5-8H2,1-4H3. The first kappa shape index (κ1) is 13.4. The van der Waals surface area contributed by atoms with Crippen molar-refractivity contribution >= 4 is 5.97 Å². The summed E-state index contributed by atoms with van der Waals surface area (Å²) in [5.41, 5.74) is 0.00217. The van der Waals surface area contributed by atoms with Gasteiger partial charge in [-0.3, -0.25) is 0 Å². The molecule has 0 aliphatic carbocycles. The van der Waals surface area contributed by atoms with Crippen molar-refractivity contribution in [3.05, 3.63) is 0 Å². The average molecular weight is 204 g/mol. The minimum Gasteiger partial charge on any atom is -0.463 e. The third kappa shape index (κ3) is 9.48. The van der Waals surface area contributed by atoms with Gasteiger partial charge in [0, 0.05) is 7.11 Å². The number of esters is 1. The third-order valence-electron chi connectivity index (χ3n) is 1.32. The van der Waals surface area contributed by atoms with Gasteiger partial charge in [-0.2, -0.15) is 0 Å². The molecule has 0 bridgehead atoms. The van der Waals surface area contributed by atoms with Gasteiger partial charge in [0.1, 0.15) is 6.61 Å². The van der Waals surface area contributed by atoms with E-state index in [1.54, 1.807) is 7.11 Å². The number of ether oxygens (including phenoxy) is 3. The van der Waals surface area contributed by atoms with Crippen LogP contribution in [0.2, 0.25) is 0 Å². The first-order valence-electron chi connectivity index (χ1n) is 4.68. The van der Waals surface area contributed by atoms with Gasteiger partial charge in [-0.1, -0.05) is 20.8 Å². The van der Waals surface area contributed by atoms with Gasteiger partial charge in [0.15, 0.2) is 0 Å². The molecule has 0 heterocycles. The molecule has 0 fully saturated rings. The van der Waals surface area contributed by atoms with Crippen molar-refractivity contribution in [2.45, 2.75) is 20.8 Å². The number of carbonyl (C=O) groups is 1. The van der Waals surface area contributed by atoms with E-state index < -0.39 is 0 Å². The highest BCUT2D eigenvalue weighted by atomic mass is 16.6. The molecule has 0 saturated carbocycles. The van der Waals surface area contributed by atoms with Gasteiger partial charge < -0.3 is 14.2 Å². The van der Waals surface area contributed by atoms with Gasteiger partial charge in [0.05, 0.1) is 19.8 Å². The van der Waals surface area contributed by atoms with E-state index in [9.17, 15) is 4.79 Å². The van der Waals surface area contributed by atoms with Crippen LogP contribution in [0.5, 0.6) is 0 Å². The highest BCUT2D eigenvalue weighted by molar-refractivity contribution is 5.70. The number of carbonyl (C=O) groups excluding carboxylic acids is 1. The van der Waals surface area contributed by atoms with Gasteiger partial charge in [-0.05, 0) is 5.41 Å². The number of rotatable bonds is 6. The van der Waals surface area contributed by atoms with E-state index in [4.69, 9.17) is 14.2 Å². The summed E-state index contributed by atoms with van der Waals surface area (Å²) in [6.07, 6.45) is 0. The summed E-state index contributed by atoms with van der Waals surface area (Å²) in [6, 6.07) is 0. The topological polar surface area (TPSA) is 44.8 Å². The normalized spacial score (nSPS) is 11.4. The fourth-order valence-electron chi connectivity index (χ4n) is 0.636.